The first kappa shape index (κ1) is 13.0. The maximum atomic E-state index is 12.6. The Kier molecular flexibility index (Phi) is 3.34. The molecule has 0 saturated carbocycles. The molecule has 1 aromatic carbocycles. The normalized spacial score (nSPS) is 21.8. The van der Waals surface area contributed by atoms with Gasteiger partial charge in [0.15, 0.2) is 0 Å². The first-order chi connectivity index (χ1) is 9.66. The van der Waals surface area contributed by atoms with Gasteiger partial charge in [-0.2, -0.15) is 0 Å². The van der Waals surface area contributed by atoms with Crippen LogP contribution in [0.4, 0.5) is 0 Å². The van der Waals surface area contributed by atoms with Crippen molar-refractivity contribution in [1.29, 1.82) is 0 Å². The maximum absolute atomic E-state index is 12.6. The molecular weight excluding hydrogens is 256 g/mol. The molecule has 3 rings (SSSR count). The second-order valence-corrected chi connectivity index (χ2v) is 5.24. The minimum Gasteiger partial charge on any atom is -0.493 e. The van der Waals surface area contributed by atoms with E-state index in [1.807, 2.05) is 12.1 Å². The van der Waals surface area contributed by atoms with E-state index in [0.29, 0.717) is 25.3 Å². The molecule has 0 aromatic heterocycles. The quantitative estimate of drug-likeness (QED) is 0.830. The third-order valence-electron chi connectivity index (χ3n) is 3.92. The molecule has 2 aliphatic heterocycles. The highest BCUT2D eigenvalue weighted by atomic mass is 16.5. The summed E-state index contributed by atoms with van der Waals surface area (Å²) in [6, 6.07) is 5.09. The number of carbonyl (C=O) groups excluding carboxylic acids is 2. The number of nitrogens with one attached hydrogen (secondary N) is 1. The first-order valence-corrected chi connectivity index (χ1v) is 7.01. The first-order valence-electron chi connectivity index (χ1n) is 7.01. The minimum atomic E-state index is -0.422. The molecule has 20 heavy (non-hydrogen) atoms. The molecule has 0 radical (unpaired) electrons. The van der Waals surface area contributed by atoms with Crippen LogP contribution in [0.1, 0.15) is 29.3 Å². The molecular formula is C15H18N2O3. The van der Waals surface area contributed by atoms with E-state index >= 15 is 0 Å². The highest BCUT2D eigenvalue weighted by molar-refractivity contribution is 5.98. The average Bonchev–Trinajstić information content (AvgIpc) is 2.86. The molecule has 1 unspecified atom stereocenters. The Balaban J connectivity index is 1.85. The summed E-state index contributed by atoms with van der Waals surface area (Å²) >= 11 is 0. The molecule has 5 nitrogen and oxygen atoms in total. The van der Waals surface area contributed by atoms with E-state index < -0.39 is 6.04 Å². The molecule has 0 bridgehead atoms. The number of benzene rings is 1. The zero-order valence-electron chi connectivity index (χ0n) is 11.5. The summed E-state index contributed by atoms with van der Waals surface area (Å²) in [4.78, 5) is 26.1. The van der Waals surface area contributed by atoms with E-state index in [9.17, 15) is 9.59 Å². The van der Waals surface area contributed by atoms with E-state index in [2.05, 4.69) is 5.32 Å². The molecule has 1 fully saturated rings. The van der Waals surface area contributed by atoms with Gasteiger partial charge in [-0.05, 0) is 37.1 Å². The second-order valence-electron chi connectivity index (χ2n) is 5.24. The lowest BCUT2D eigenvalue weighted by Crippen LogP contribution is -2.45. The van der Waals surface area contributed by atoms with Gasteiger partial charge in [-0.3, -0.25) is 9.59 Å². The van der Waals surface area contributed by atoms with Crippen LogP contribution in [0.3, 0.4) is 0 Å². The summed E-state index contributed by atoms with van der Waals surface area (Å²) in [6.07, 6.45) is 1.63. The molecule has 1 atom stereocenters. The van der Waals surface area contributed by atoms with Crippen molar-refractivity contribution < 1.29 is 14.3 Å². The monoisotopic (exact) mass is 274 g/mol. The van der Waals surface area contributed by atoms with Crippen LogP contribution >= 0.6 is 0 Å². The van der Waals surface area contributed by atoms with Gasteiger partial charge >= 0.3 is 0 Å². The van der Waals surface area contributed by atoms with Gasteiger partial charge in [-0.1, -0.05) is 0 Å². The molecule has 106 valence electrons. The van der Waals surface area contributed by atoms with E-state index in [4.69, 9.17) is 4.74 Å². The van der Waals surface area contributed by atoms with Crippen molar-refractivity contribution in [1.82, 2.24) is 10.2 Å². The summed E-state index contributed by atoms with van der Waals surface area (Å²) in [7, 11) is 0. The van der Waals surface area contributed by atoms with Gasteiger partial charge in [0.2, 0.25) is 5.91 Å². The third-order valence-corrected chi connectivity index (χ3v) is 3.92. The SMILES string of the molecule is CC1C(=O)NCCCN1C(=O)c1ccc2c(c1)CCO2. The Morgan fingerprint density at radius 1 is 1.45 bits per heavy atom. The van der Waals surface area contributed by atoms with Crippen LogP contribution in [-0.4, -0.2) is 42.5 Å². The predicted molar refractivity (Wildman–Crippen MR) is 73.8 cm³/mol. The van der Waals surface area contributed by atoms with Crippen LogP contribution in [0.15, 0.2) is 18.2 Å². The molecule has 1 aromatic rings. The van der Waals surface area contributed by atoms with Gasteiger partial charge < -0.3 is 15.0 Å². The fourth-order valence-corrected chi connectivity index (χ4v) is 2.71. The van der Waals surface area contributed by atoms with Gasteiger partial charge in [0, 0.05) is 25.1 Å². The van der Waals surface area contributed by atoms with Crippen molar-refractivity contribution in [3.8, 4) is 5.75 Å². The fourth-order valence-electron chi connectivity index (χ4n) is 2.71. The topological polar surface area (TPSA) is 58.6 Å². The Labute approximate surface area is 117 Å². The lowest BCUT2D eigenvalue weighted by atomic mass is 10.1. The van der Waals surface area contributed by atoms with Crippen LogP contribution in [0.2, 0.25) is 0 Å². The number of nitrogens with zero attached hydrogens (tertiary/aromatic N) is 1. The Morgan fingerprint density at radius 3 is 3.15 bits per heavy atom. The largest absolute Gasteiger partial charge is 0.493 e. The van der Waals surface area contributed by atoms with Crippen molar-refractivity contribution in [2.45, 2.75) is 25.8 Å². The van der Waals surface area contributed by atoms with Crippen molar-refractivity contribution in [2.24, 2.45) is 0 Å². The Morgan fingerprint density at radius 2 is 2.30 bits per heavy atom. The lowest BCUT2D eigenvalue weighted by Gasteiger charge is -2.25. The van der Waals surface area contributed by atoms with E-state index in [1.165, 1.54) is 0 Å². The van der Waals surface area contributed by atoms with Crippen molar-refractivity contribution >= 4 is 11.8 Å². The molecule has 0 spiro atoms. The fraction of sp³-hybridized carbons (Fsp3) is 0.467. The highest BCUT2D eigenvalue weighted by Gasteiger charge is 2.29. The van der Waals surface area contributed by atoms with E-state index in [0.717, 1.165) is 24.2 Å². The minimum absolute atomic E-state index is 0.0794. The van der Waals surface area contributed by atoms with Crippen LogP contribution < -0.4 is 10.1 Å². The van der Waals surface area contributed by atoms with E-state index in [-0.39, 0.29) is 11.8 Å². The standard InChI is InChI=1S/C15H18N2O3/c1-10-14(18)16-6-2-7-17(10)15(19)12-3-4-13-11(9-12)5-8-20-13/h3-4,9-10H,2,5-8H2,1H3,(H,16,18). The molecule has 1 saturated heterocycles. The van der Waals surface area contributed by atoms with Crippen molar-refractivity contribution in [3.05, 3.63) is 29.3 Å². The van der Waals surface area contributed by atoms with Crippen LogP contribution in [0, 0.1) is 0 Å². The molecule has 2 heterocycles. The number of ether oxygens (including phenoxy) is 1. The predicted octanol–water partition coefficient (Wildman–Crippen LogP) is 0.972. The van der Waals surface area contributed by atoms with Crippen molar-refractivity contribution in [3.63, 3.8) is 0 Å². The molecule has 0 aliphatic carbocycles. The Bertz CT molecular complexity index is 556. The van der Waals surface area contributed by atoms with Crippen LogP contribution in [0.25, 0.3) is 0 Å². The molecule has 2 amide bonds. The number of hydrogen-bond acceptors (Lipinski definition) is 3. The number of amides is 2. The van der Waals surface area contributed by atoms with Crippen LogP contribution in [-0.2, 0) is 11.2 Å². The van der Waals surface area contributed by atoms with Crippen LogP contribution in [0.5, 0.6) is 5.75 Å². The number of fused-ring (bicyclic) bond motifs is 1. The summed E-state index contributed by atoms with van der Waals surface area (Å²) in [5.41, 5.74) is 1.71. The molecule has 5 heteroatoms. The molecule has 2 aliphatic rings. The molecule has 1 N–H and O–H groups in total. The summed E-state index contributed by atoms with van der Waals surface area (Å²) in [5, 5.41) is 2.82. The van der Waals surface area contributed by atoms with E-state index in [1.54, 1.807) is 17.9 Å². The zero-order valence-corrected chi connectivity index (χ0v) is 11.5. The van der Waals surface area contributed by atoms with Gasteiger partial charge in [0.05, 0.1) is 6.61 Å². The third kappa shape index (κ3) is 2.24. The average molecular weight is 274 g/mol. The highest BCUT2D eigenvalue weighted by Crippen LogP contribution is 2.26. The Hall–Kier alpha value is -2.04. The lowest BCUT2D eigenvalue weighted by molar-refractivity contribution is -0.124. The summed E-state index contributed by atoms with van der Waals surface area (Å²) < 4.78 is 5.45. The van der Waals surface area contributed by atoms with Gasteiger partial charge in [-0.25, -0.2) is 0 Å². The summed E-state index contributed by atoms with van der Waals surface area (Å²) in [6.45, 7) is 3.68. The van der Waals surface area contributed by atoms with Gasteiger partial charge in [0.25, 0.3) is 5.91 Å². The second kappa shape index (κ2) is 5.15. The number of hydrogen-bond donors (Lipinski definition) is 1. The smallest absolute Gasteiger partial charge is 0.254 e. The zero-order chi connectivity index (χ0) is 14.1. The number of carbonyl (C=O) groups is 2. The maximum Gasteiger partial charge on any atom is 0.254 e. The summed E-state index contributed by atoms with van der Waals surface area (Å²) in [5.74, 6) is 0.702. The van der Waals surface area contributed by atoms with Gasteiger partial charge in [-0.15, -0.1) is 0 Å². The van der Waals surface area contributed by atoms with Gasteiger partial charge in [0.1, 0.15) is 11.8 Å². The number of rotatable bonds is 1. The van der Waals surface area contributed by atoms with Crippen molar-refractivity contribution in [2.75, 3.05) is 19.7 Å².